The van der Waals surface area contributed by atoms with Crippen LogP contribution in [0.3, 0.4) is 0 Å². The maximum absolute atomic E-state index is 12.8. The molecule has 0 aromatic heterocycles. The molecule has 2 aliphatic heterocycles. The van der Waals surface area contributed by atoms with Crippen molar-refractivity contribution in [1.29, 1.82) is 0 Å². The van der Waals surface area contributed by atoms with Gasteiger partial charge in [-0.3, -0.25) is 9.69 Å². The second-order valence-corrected chi connectivity index (χ2v) is 7.12. The predicted molar refractivity (Wildman–Crippen MR) is 86.8 cm³/mol. The zero-order valence-corrected chi connectivity index (χ0v) is 13.9. The van der Waals surface area contributed by atoms with Crippen LogP contribution < -0.4 is 5.32 Å². The molecule has 0 spiro atoms. The summed E-state index contributed by atoms with van der Waals surface area (Å²) < 4.78 is 5.16. The molecule has 0 radical (unpaired) electrons. The van der Waals surface area contributed by atoms with Gasteiger partial charge in [0.2, 0.25) is 5.91 Å². The molecule has 2 heterocycles. The Morgan fingerprint density at radius 2 is 2.00 bits per heavy atom. The summed E-state index contributed by atoms with van der Waals surface area (Å²) in [6, 6.07) is 0.687. The van der Waals surface area contributed by atoms with Crippen LogP contribution in [0.4, 0.5) is 0 Å². The number of amides is 1. The van der Waals surface area contributed by atoms with E-state index in [1.807, 2.05) is 0 Å². The summed E-state index contributed by atoms with van der Waals surface area (Å²) in [5.41, 5.74) is 0. The quantitative estimate of drug-likeness (QED) is 0.844. The number of hydrogen-bond donors (Lipinski definition) is 1. The highest BCUT2D eigenvalue weighted by molar-refractivity contribution is 5.82. The van der Waals surface area contributed by atoms with Gasteiger partial charge in [-0.15, -0.1) is 0 Å². The van der Waals surface area contributed by atoms with Gasteiger partial charge in [0.1, 0.15) is 0 Å². The third-order valence-corrected chi connectivity index (χ3v) is 5.67. The number of carbonyl (C=O) groups is 1. The number of hydrogen-bond acceptors (Lipinski definition) is 4. The van der Waals surface area contributed by atoms with Crippen LogP contribution in [0.2, 0.25) is 0 Å². The molecule has 5 nitrogen and oxygen atoms in total. The standard InChI is InChI=1S/C17H31N3O2/c1-22-12-11-19-7-4-8-20(10-9-19)17(21)16-13-14-5-2-3-6-15(14)18-16/h14-16,18H,2-13H2,1H3. The second kappa shape index (κ2) is 7.75. The molecule has 3 unspecified atom stereocenters. The number of rotatable bonds is 4. The Bertz CT molecular complexity index is 363. The maximum atomic E-state index is 12.8. The molecule has 22 heavy (non-hydrogen) atoms. The van der Waals surface area contributed by atoms with Gasteiger partial charge in [-0.25, -0.2) is 0 Å². The molecule has 1 N–H and O–H groups in total. The van der Waals surface area contributed by atoms with Crippen LogP contribution in [0.5, 0.6) is 0 Å². The number of ether oxygens (including phenoxy) is 1. The Morgan fingerprint density at radius 3 is 2.82 bits per heavy atom. The van der Waals surface area contributed by atoms with E-state index in [4.69, 9.17) is 4.74 Å². The van der Waals surface area contributed by atoms with Crippen molar-refractivity contribution >= 4 is 5.91 Å². The van der Waals surface area contributed by atoms with E-state index in [-0.39, 0.29) is 6.04 Å². The van der Waals surface area contributed by atoms with Crippen LogP contribution in [0.15, 0.2) is 0 Å². The lowest BCUT2D eigenvalue weighted by Gasteiger charge is -2.25. The topological polar surface area (TPSA) is 44.8 Å². The van der Waals surface area contributed by atoms with E-state index in [0.29, 0.717) is 11.9 Å². The Labute approximate surface area is 134 Å². The number of carbonyl (C=O) groups excluding carboxylic acids is 1. The molecular weight excluding hydrogens is 278 g/mol. The molecule has 126 valence electrons. The van der Waals surface area contributed by atoms with Gasteiger partial charge in [0.15, 0.2) is 0 Å². The Kier molecular flexibility index (Phi) is 5.71. The highest BCUT2D eigenvalue weighted by atomic mass is 16.5. The normalized spacial score (nSPS) is 33.5. The monoisotopic (exact) mass is 309 g/mol. The molecule has 1 saturated carbocycles. The van der Waals surface area contributed by atoms with Crippen LogP contribution in [0.25, 0.3) is 0 Å². The number of fused-ring (bicyclic) bond motifs is 1. The van der Waals surface area contributed by atoms with Crippen molar-refractivity contribution in [2.45, 2.75) is 50.6 Å². The highest BCUT2D eigenvalue weighted by Crippen LogP contribution is 2.33. The van der Waals surface area contributed by atoms with E-state index in [0.717, 1.165) is 58.1 Å². The van der Waals surface area contributed by atoms with E-state index >= 15 is 0 Å². The Morgan fingerprint density at radius 1 is 1.14 bits per heavy atom. The minimum atomic E-state index is 0.0821. The summed E-state index contributed by atoms with van der Waals surface area (Å²) in [6.45, 7) is 5.60. The van der Waals surface area contributed by atoms with Crippen LogP contribution in [-0.2, 0) is 9.53 Å². The van der Waals surface area contributed by atoms with Crippen LogP contribution in [0, 0.1) is 5.92 Å². The zero-order valence-electron chi connectivity index (χ0n) is 13.9. The van der Waals surface area contributed by atoms with Crippen LogP contribution in [-0.4, -0.2) is 74.2 Å². The highest BCUT2D eigenvalue weighted by Gasteiger charge is 2.39. The summed E-state index contributed by atoms with van der Waals surface area (Å²) in [5, 5.41) is 3.63. The van der Waals surface area contributed by atoms with Gasteiger partial charge < -0.3 is 15.0 Å². The number of methoxy groups -OCH3 is 1. The molecule has 3 rings (SSSR count). The van der Waals surface area contributed by atoms with Gasteiger partial charge in [0, 0.05) is 39.3 Å². The van der Waals surface area contributed by atoms with Crippen molar-refractivity contribution in [2.24, 2.45) is 5.92 Å². The lowest BCUT2D eigenvalue weighted by atomic mass is 9.85. The Balaban J connectivity index is 1.50. The average molecular weight is 309 g/mol. The van der Waals surface area contributed by atoms with E-state index in [1.54, 1.807) is 7.11 Å². The maximum Gasteiger partial charge on any atom is 0.239 e. The molecule has 3 fully saturated rings. The fourth-order valence-electron chi connectivity index (χ4n) is 4.37. The van der Waals surface area contributed by atoms with Crippen molar-refractivity contribution in [3.05, 3.63) is 0 Å². The lowest BCUT2D eigenvalue weighted by Crippen LogP contribution is -2.46. The first-order chi connectivity index (χ1) is 10.8. The van der Waals surface area contributed by atoms with E-state index in [2.05, 4.69) is 15.1 Å². The molecule has 1 aliphatic carbocycles. The SMILES string of the molecule is COCCN1CCCN(C(=O)C2CC3CCCCC3N2)CC1. The van der Waals surface area contributed by atoms with E-state index in [1.165, 1.54) is 25.7 Å². The van der Waals surface area contributed by atoms with Crippen molar-refractivity contribution in [2.75, 3.05) is 46.4 Å². The van der Waals surface area contributed by atoms with Gasteiger partial charge in [-0.2, -0.15) is 0 Å². The van der Waals surface area contributed by atoms with Gasteiger partial charge in [-0.05, 0) is 38.1 Å². The smallest absolute Gasteiger partial charge is 0.239 e. The lowest BCUT2D eigenvalue weighted by molar-refractivity contribution is -0.133. The van der Waals surface area contributed by atoms with Gasteiger partial charge in [0.05, 0.1) is 12.6 Å². The van der Waals surface area contributed by atoms with Crippen molar-refractivity contribution in [1.82, 2.24) is 15.1 Å². The molecule has 3 atom stereocenters. The van der Waals surface area contributed by atoms with Crippen LogP contribution in [0.1, 0.15) is 38.5 Å². The summed E-state index contributed by atoms with van der Waals surface area (Å²) in [4.78, 5) is 17.4. The summed E-state index contributed by atoms with van der Waals surface area (Å²) >= 11 is 0. The van der Waals surface area contributed by atoms with E-state index in [9.17, 15) is 4.79 Å². The summed E-state index contributed by atoms with van der Waals surface area (Å²) in [5.74, 6) is 1.09. The fourth-order valence-corrected chi connectivity index (χ4v) is 4.37. The third-order valence-electron chi connectivity index (χ3n) is 5.67. The Hall–Kier alpha value is -0.650. The van der Waals surface area contributed by atoms with E-state index < -0.39 is 0 Å². The van der Waals surface area contributed by atoms with Gasteiger partial charge in [-0.1, -0.05) is 12.8 Å². The first kappa shape index (κ1) is 16.2. The first-order valence-corrected chi connectivity index (χ1v) is 9.04. The molecule has 0 aromatic carbocycles. The average Bonchev–Trinajstić information content (AvgIpc) is 2.84. The second-order valence-electron chi connectivity index (χ2n) is 7.12. The molecule has 0 aromatic rings. The minimum absolute atomic E-state index is 0.0821. The molecular formula is C17H31N3O2. The van der Waals surface area contributed by atoms with Crippen molar-refractivity contribution in [3.8, 4) is 0 Å². The fraction of sp³-hybridized carbons (Fsp3) is 0.941. The number of nitrogens with zero attached hydrogens (tertiary/aromatic N) is 2. The molecule has 5 heteroatoms. The van der Waals surface area contributed by atoms with Gasteiger partial charge in [0.25, 0.3) is 0 Å². The largest absolute Gasteiger partial charge is 0.383 e. The molecule has 2 saturated heterocycles. The summed E-state index contributed by atoms with van der Waals surface area (Å²) in [6.07, 6.45) is 7.39. The molecule has 0 bridgehead atoms. The molecule has 1 amide bonds. The zero-order chi connectivity index (χ0) is 15.4. The third kappa shape index (κ3) is 3.81. The van der Waals surface area contributed by atoms with Crippen molar-refractivity contribution in [3.63, 3.8) is 0 Å². The van der Waals surface area contributed by atoms with Gasteiger partial charge >= 0.3 is 0 Å². The molecule has 3 aliphatic rings. The predicted octanol–water partition coefficient (Wildman–Crippen LogP) is 1.09. The first-order valence-electron chi connectivity index (χ1n) is 9.04. The number of nitrogens with one attached hydrogen (secondary N) is 1. The van der Waals surface area contributed by atoms with Crippen LogP contribution >= 0.6 is 0 Å². The van der Waals surface area contributed by atoms with Crippen molar-refractivity contribution < 1.29 is 9.53 Å². The summed E-state index contributed by atoms with van der Waals surface area (Å²) in [7, 11) is 1.75. The minimum Gasteiger partial charge on any atom is -0.383 e.